The topological polar surface area (TPSA) is 72.5 Å². The minimum atomic E-state index is -3.26. The van der Waals surface area contributed by atoms with Crippen LogP contribution < -0.4 is 5.32 Å². The molecular weight excluding hydrogens is 314 g/mol. The zero-order valence-corrected chi connectivity index (χ0v) is 14.1. The number of nitrogens with one attached hydrogen (secondary N) is 1. The first-order chi connectivity index (χ1) is 11.0. The maximum absolute atomic E-state index is 12.7. The van der Waals surface area contributed by atoms with Crippen LogP contribution in [0.15, 0.2) is 29.2 Å². The fourth-order valence-corrected chi connectivity index (χ4v) is 5.31. The van der Waals surface area contributed by atoms with E-state index in [0.717, 1.165) is 25.7 Å². The Bertz CT molecular complexity index is 686. The van der Waals surface area contributed by atoms with Crippen molar-refractivity contribution in [2.45, 2.75) is 55.1 Å². The number of rotatable bonds is 3. The number of hydrogen-bond donors (Lipinski definition) is 1. The van der Waals surface area contributed by atoms with Crippen LogP contribution in [0.4, 0.5) is 0 Å². The quantitative estimate of drug-likeness (QED) is 0.916. The van der Waals surface area contributed by atoms with Gasteiger partial charge in [0.25, 0.3) is 0 Å². The monoisotopic (exact) mass is 337 g/mol. The lowest BCUT2D eigenvalue weighted by Crippen LogP contribution is -2.48. The molecule has 0 aromatic heterocycles. The van der Waals surface area contributed by atoms with E-state index in [1.54, 1.807) is 31.4 Å². The van der Waals surface area contributed by atoms with Gasteiger partial charge in [-0.05, 0) is 30.9 Å². The largest absolute Gasteiger partial charge is 0.379 e. The Morgan fingerprint density at radius 2 is 1.91 bits per heavy atom. The van der Waals surface area contributed by atoms with Gasteiger partial charge in [0.1, 0.15) is 0 Å². The van der Waals surface area contributed by atoms with Crippen molar-refractivity contribution in [2.75, 3.05) is 12.9 Å². The average molecular weight is 337 g/mol. The Morgan fingerprint density at radius 1 is 1.17 bits per heavy atom. The third kappa shape index (κ3) is 3.28. The molecule has 3 unspecified atom stereocenters. The maximum Gasteiger partial charge on any atom is 0.227 e. The molecule has 1 heterocycles. The predicted octanol–water partition coefficient (Wildman–Crippen LogP) is 2.02. The van der Waals surface area contributed by atoms with Gasteiger partial charge in [0, 0.05) is 7.11 Å². The standard InChI is InChI=1S/C17H23NO4S/c1-22-15-8-4-3-7-14(15)18-17(19)13-10-11-23(20,21)16-9-5-2-6-12(13)16/h2,5-6,9,13-15H,3-4,7-8,10-11H2,1H3,(H,18,19). The summed E-state index contributed by atoms with van der Waals surface area (Å²) in [5.41, 5.74) is 0.626. The van der Waals surface area contributed by atoms with Crippen molar-refractivity contribution in [2.24, 2.45) is 0 Å². The SMILES string of the molecule is COC1CCCCC1NC(=O)C1CCS(=O)(=O)c2ccccc21. The molecule has 6 heteroatoms. The second-order valence-corrected chi connectivity index (χ2v) is 8.45. The summed E-state index contributed by atoms with van der Waals surface area (Å²) in [5, 5.41) is 3.10. The summed E-state index contributed by atoms with van der Waals surface area (Å²) in [6.07, 6.45) is 4.47. The summed E-state index contributed by atoms with van der Waals surface area (Å²) in [6.45, 7) is 0. The molecular formula is C17H23NO4S. The van der Waals surface area contributed by atoms with Gasteiger partial charge in [0.15, 0.2) is 9.84 Å². The molecule has 5 nitrogen and oxygen atoms in total. The van der Waals surface area contributed by atoms with Crippen LogP contribution >= 0.6 is 0 Å². The maximum atomic E-state index is 12.7. The smallest absolute Gasteiger partial charge is 0.227 e. The molecule has 1 aliphatic heterocycles. The molecule has 0 spiro atoms. The van der Waals surface area contributed by atoms with E-state index < -0.39 is 15.8 Å². The van der Waals surface area contributed by atoms with E-state index in [9.17, 15) is 13.2 Å². The molecule has 1 amide bonds. The van der Waals surface area contributed by atoms with Gasteiger partial charge in [0.2, 0.25) is 5.91 Å². The summed E-state index contributed by atoms with van der Waals surface area (Å²) < 4.78 is 29.8. The van der Waals surface area contributed by atoms with Crippen molar-refractivity contribution in [3.63, 3.8) is 0 Å². The van der Waals surface area contributed by atoms with Crippen LogP contribution in [0.3, 0.4) is 0 Å². The molecule has 0 saturated heterocycles. The Morgan fingerprint density at radius 3 is 2.70 bits per heavy atom. The molecule has 23 heavy (non-hydrogen) atoms. The Labute approximate surface area is 137 Å². The lowest BCUT2D eigenvalue weighted by molar-refractivity contribution is -0.124. The minimum absolute atomic E-state index is 0.0203. The van der Waals surface area contributed by atoms with E-state index in [1.807, 2.05) is 0 Å². The molecule has 1 N–H and O–H groups in total. The van der Waals surface area contributed by atoms with Gasteiger partial charge in [-0.1, -0.05) is 31.0 Å². The van der Waals surface area contributed by atoms with Crippen molar-refractivity contribution in [1.29, 1.82) is 0 Å². The van der Waals surface area contributed by atoms with Gasteiger partial charge in [-0.2, -0.15) is 0 Å². The number of ether oxygens (including phenoxy) is 1. The lowest BCUT2D eigenvalue weighted by Gasteiger charge is -2.33. The van der Waals surface area contributed by atoms with Crippen molar-refractivity contribution in [3.05, 3.63) is 29.8 Å². The third-order valence-corrected chi connectivity index (χ3v) is 6.77. The molecule has 3 atom stereocenters. The molecule has 1 fully saturated rings. The number of carbonyl (C=O) groups is 1. The first-order valence-electron chi connectivity index (χ1n) is 8.18. The molecule has 1 aliphatic carbocycles. The van der Waals surface area contributed by atoms with Crippen molar-refractivity contribution < 1.29 is 17.9 Å². The second-order valence-electron chi connectivity index (χ2n) is 6.37. The summed E-state index contributed by atoms with van der Waals surface area (Å²) in [7, 11) is -1.58. The summed E-state index contributed by atoms with van der Waals surface area (Å²) in [6, 6.07) is 6.87. The van der Waals surface area contributed by atoms with Gasteiger partial charge >= 0.3 is 0 Å². The number of benzene rings is 1. The number of amides is 1. The van der Waals surface area contributed by atoms with E-state index in [1.165, 1.54) is 0 Å². The van der Waals surface area contributed by atoms with Crippen LogP contribution in [0.1, 0.15) is 43.6 Å². The van der Waals surface area contributed by atoms with Gasteiger partial charge in [-0.3, -0.25) is 4.79 Å². The van der Waals surface area contributed by atoms with Crippen LogP contribution in [-0.4, -0.2) is 39.3 Å². The number of carbonyl (C=O) groups excluding carboxylic acids is 1. The molecule has 1 aromatic carbocycles. The van der Waals surface area contributed by atoms with Crippen LogP contribution in [0.25, 0.3) is 0 Å². The van der Waals surface area contributed by atoms with Crippen LogP contribution in [0.5, 0.6) is 0 Å². The van der Waals surface area contributed by atoms with Crippen LogP contribution in [-0.2, 0) is 19.4 Å². The highest BCUT2D eigenvalue weighted by molar-refractivity contribution is 7.91. The zero-order valence-electron chi connectivity index (χ0n) is 13.3. The number of sulfone groups is 1. The predicted molar refractivity (Wildman–Crippen MR) is 87.0 cm³/mol. The highest BCUT2D eigenvalue weighted by Gasteiger charge is 2.36. The summed E-state index contributed by atoms with van der Waals surface area (Å²) >= 11 is 0. The highest BCUT2D eigenvalue weighted by Crippen LogP contribution is 2.34. The highest BCUT2D eigenvalue weighted by atomic mass is 32.2. The number of hydrogen-bond acceptors (Lipinski definition) is 4. The number of methoxy groups -OCH3 is 1. The summed E-state index contributed by atoms with van der Waals surface area (Å²) in [5.74, 6) is -0.448. The van der Waals surface area contributed by atoms with Crippen LogP contribution in [0, 0.1) is 0 Å². The minimum Gasteiger partial charge on any atom is -0.379 e. The molecule has 3 rings (SSSR count). The van der Waals surface area contributed by atoms with Crippen molar-refractivity contribution >= 4 is 15.7 Å². The van der Waals surface area contributed by atoms with E-state index in [0.29, 0.717) is 16.9 Å². The fraction of sp³-hybridized carbons (Fsp3) is 0.588. The molecule has 2 aliphatic rings. The van der Waals surface area contributed by atoms with Crippen molar-refractivity contribution in [3.8, 4) is 0 Å². The summed E-state index contributed by atoms with van der Waals surface area (Å²) in [4.78, 5) is 13.0. The normalized spacial score (nSPS) is 29.5. The van der Waals surface area contributed by atoms with E-state index in [2.05, 4.69) is 5.32 Å². The van der Waals surface area contributed by atoms with Gasteiger partial charge in [-0.15, -0.1) is 0 Å². The van der Waals surface area contributed by atoms with Gasteiger partial charge in [-0.25, -0.2) is 8.42 Å². The Kier molecular flexibility index (Phi) is 4.73. The molecule has 126 valence electrons. The van der Waals surface area contributed by atoms with E-state index >= 15 is 0 Å². The van der Waals surface area contributed by atoms with E-state index in [-0.39, 0.29) is 23.8 Å². The molecule has 1 saturated carbocycles. The van der Waals surface area contributed by atoms with Gasteiger partial charge < -0.3 is 10.1 Å². The Hall–Kier alpha value is -1.40. The lowest BCUT2D eigenvalue weighted by atomic mass is 9.90. The van der Waals surface area contributed by atoms with Crippen molar-refractivity contribution in [1.82, 2.24) is 5.32 Å². The fourth-order valence-electron chi connectivity index (χ4n) is 3.69. The second kappa shape index (κ2) is 6.61. The van der Waals surface area contributed by atoms with Gasteiger partial charge in [0.05, 0.1) is 28.7 Å². The first-order valence-corrected chi connectivity index (χ1v) is 9.83. The van der Waals surface area contributed by atoms with Crippen LogP contribution in [0.2, 0.25) is 0 Å². The molecule has 0 bridgehead atoms. The average Bonchev–Trinajstić information content (AvgIpc) is 2.55. The number of fused-ring (bicyclic) bond motifs is 1. The first kappa shape index (κ1) is 16.5. The third-order valence-electron chi connectivity index (χ3n) is 4.95. The molecule has 0 radical (unpaired) electrons. The molecule has 1 aromatic rings. The zero-order chi connectivity index (χ0) is 16.4. The Balaban J connectivity index is 1.80. The van der Waals surface area contributed by atoms with E-state index in [4.69, 9.17) is 4.74 Å².